The van der Waals surface area contributed by atoms with Crippen molar-refractivity contribution in [2.24, 2.45) is 0 Å². The van der Waals surface area contributed by atoms with Crippen LogP contribution >= 0.6 is 12.6 Å². The summed E-state index contributed by atoms with van der Waals surface area (Å²) in [4.78, 5) is 0.627. The molecule has 0 aliphatic carbocycles. The van der Waals surface area contributed by atoms with Crippen LogP contribution in [0, 0.1) is 5.82 Å². The lowest BCUT2D eigenvalue weighted by atomic mass is 10.3. The van der Waals surface area contributed by atoms with Gasteiger partial charge in [-0.2, -0.15) is 0 Å². The molecule has 0 saturated heterocycles. The first-order valence-corrected chi connectivity index (χ1v) is 3.35. The third-order valence-electron chi connectivity index (χ3n) is 1.23. The molecule has 54 valence electrons. The van der Waals surface area contributed by atoms with Gasteiger partial charge < -0.3 is 5.32 Å². The van der Waals surface area contributed by atoms with Gasteiger partial charge in [-0.05, 0) is 18.2 Å². The SMILES string of the molecule is CNc1ccc(F)cc1S. The van der Waals surface area contributed by atoms with E-state index in [2.05, 4.69) is 17.9 Å². The van der Waals surface area contributed by atoms with Crippen LogP contribution in [0.1, 0.15) is 0 Å². The van der Waals surface area contributed by atoms with Crippen molar-refractivity contribution in [1.82, 2.24) is 0 Å². The molecule has 1 N–H and O–H groups in total. The summed E-state index contributed by atoms with van der Waals surface area (Å²) in [5.74, 6) is -0.260. The summed E-state index contributed by atoms with van der Waals surface area (Å²) in [6.07, 6.45) is 0. The first-order chi connectivity index (χ1) is 4.74. The van der Waals surface area contributed by atoms with Crippen LogP contribution in [0.2, 0.25) is 0 Å². The Balaban J connectivity index is 3.07. The molecule has 0 atom stereocenters. The third kappa shape index (κ3) is 1.42. The van der Waals surface area contributed by atoms with Gasteiger partial charge in [0.1, 0.15) is 5.82 Å². The number of halogens is 1. The molecule has 0 aliphatic heterocycles. The molecule has 0 fully saturated rings. The molecule has 1 nitrogen and oxygen atoms in total. The minimum absolute atomic E-state index is 0.260. The summed E-state index contributed by atoms with van der Waals surface area (Å²) in [6, 6.07) is 4.41. The maximum Gasteiger partial charge on any atom is 0.124 e. The number of nitrogens with one attached hydrogen (secondary N) is 1. The van der Waals surface area contributed by atoms with Gasteiger partial charge in [-0.3, -0.25) is 0 Å². The number of hydrogen-bond donors (Lipinski definition) is 2. The Morgan fingerprint density at radius 3 is 2.70 bits per heavy atom. The Morgan fingerprint density at radius 2 is 2.20 bits per heavy atom. The van der Waals surface area contributed by atoms with E-state index in [1.165, 1.54) is 12.1 Å². The van der Waals surface area contributed by atoms with Crippen molar-refractivity contribution in [3.63, 3.8) is 0 Å². The third-order valence-corrected chi connectivity index (χ3v) is 1.60. The fraction of sp³-hybridized carbons (Fsp3) is 0.143. The van der Waals surface area contributed by atoms with E-state index >= 15 is 0 Å². The summed E-state index contributed by atoms with van der Waals surface area (Å²) >= 11 is 4.05. The highest BCUT2D eigenvalue weighted by Gasteiger charge is 1.96. The van der Waals surface area contributed by atoms with Gasteiger partial charge in [0.25, 0.3) is 0 Å². The molecule has 1 aromatic carbocycles. The molecule has 1 rings (SSSR count). The largest absolute Gasteiger partial charge is 0.387 e. The summed E-state index contributed by atoms with van der Waals surface area (Å²) in [5.41, 5.74) is 0.838. The zero-order valence-electron chi connectivity index (χ0n) is 5.56. The van der Waals surface area contributed by atoms with Crippen LogP contribution in [0.4, 0.5) is 10.1 Å². The van der Waals surface area contributed by atoms with Gasteiger partial charge in [0.2, 0.25) is 0 Å². The van der Waals surface area contributed by atoms with Crippen LogP contribution in [0.3, 0.4) is 0 Å². The van der Waals surface area contributed by atoms with Crippen molar-refractivity contribution in [1.29, 1.82) is 0 Å². The maximum absolute atomic E-state index is 12.4. The summed E-state index contributed by atoms with van der Waals surface area (Å²) < 4.78 is 12.4. The number of hydrogen-bond acceptors (Lipinski definition) is 2. The van der Waals surface area contributed by atoms with Gasteiger partial charge >= 0.3 is 0 Å². The molecule has 1 aromatic rings. The number of benzene rings is 1. The Hall–Kier alpha value is -0.700. The molecule has 0 saturated carbocycles. The lowest BCUT2D eigenvalue weighted by molar-refractivity contribution is 0.624. The molecule has 3 heteroatoms. The van der Waals surface area contributed by atoms with Gasteiger partial charge in [-0.25, -0.2) is 4.39 Å². The van der Waals surface area contributed by atoms with Crippen molar-refractivity contribution in [3.05, 3.63) is 24.0 Å². The second-order valence-electron chi connectivity index (χ2n) is 1.91. The topological polar surface area (TPSA) is 12.0 Å². The van der Waals surface area contributed by atoms with E-state index in [1.54, 1.807) is 13.1 Å². The summed E-state index contributed by atoms with van der Waals surface area (Å²) in [5, 5.41) is 2.88. The van der Waals surface area contributed by atoms with E-state index in [0.29, 0.717) is 4.90 Å². The lowest BCUT2D eigenvalue weighted by Gasteiger charge is -2.01. The second-order valence-corrected chi connectivity index (χ2v) is 2.39. The Bertz CT molecular complexity index is 237. The predicted molar refractivity (Wildman–Crippen MR) is 43.2 cm³/mol. The summed E-state index contributed by atoms with van der Waals surface area (Å²) in [6.45, 7) is 0. The Kier molecular flexibility index (Phi) is 2.17. The number of anilines is 1. The van der Waals surface area contributed by atoms with E-state index < -0.39 is 0 Å². The zero-order valence-corrected chi connectivity index (χ0v) is 6.45. The van der Waals surface area contributed by atoms with Crippen molar-refractivity contribution < 1.29 is 4.39 Å². The first-order valence-electron chi connectivity index (χ1n) is 2.90. The van der Waals surface area contributed by atoms with Crippen LogP contribution in [0.5, 0.6) is 0 Å². The van der Waals surface area contributed by atoms with Crippen LogP contribution < -0.4 is 5.32 Å². The molecule has 0 heterocycles. The van der Waals surface area contributed by atoms with E-state index in [1.807, 2.05) is 0 Å². The van der Waals surface area contributed by atoms with Crippen LogP contribution in [0.15, 0.2) is 23.1 Å². The maximum atomic E-state index is 12.4. The Morgan fingerprint density at radius 1 is 1.50 bits per heavy atom. The van der Waals surface area contributed by atoms with Crippen LogP contribution in [-0.4, -0.2) is 7.05 Å². The van der Waals surface area contributed by atoms with Gasteiger partial charge in [-0.15, -0.1) is 12.6 Å². The predicted octanol–water partition coefficient (Wildman–Crippen LogP) is 2.16. The normalized spacial score (nSPS) is 9.50. The van der Waals surface area contributed by atoms with E-state index in [0.717, 1.165) is 5.69 Å². The van der Waals surface area contributed by atoms with Crippen molar-refractivity contribution in [3.8, 4) is 0 Å². The molecule has 0 amide bonds. The lowest BCUT2D eigenvalue weighted by Crippen LogP contribution is -1.89. The highest BCUT2D eigenvalue weighted by atomic mass is 32.1. The minimum Gasteiger partial charge on any atom is -0.387 e. The fourth-order valence-corrected chi connectivity index (χ4v) is 1.03. The highest BCUT2D eigenvalue weighted by Crippen LogP contribution is 2.19. The summed E-state index contributed by atoms with van der Waals surface area (Å²) in [7, 11) is 1.77. The average molecular weight is 157 g/mol. The molecule has 0 aromatic heterocycles. The first kappa shape index (κ1) is 7.41. The number of rotatable bonds is 1. The van der Waals surface area contributed by atoms with Gasteiger partial charge in [0, 0.05) is 17.6 Å². The van der Waals surface area contributed by atoms with Gasteiger partial charge in [0.05, 0.1) is 0 Å². The highest BCUT2D eigenvalue weighted by molar-refractivity contribution is 7.80. The van der Waals surface area contributed by atoms with Crippen molar-refractivity contribution in [2.45, 2.75) is 4.90 Å². The van der Waals surface area contributed by atoms with Crippen LogP contribution in [0.25, 0.3) is 0 Å². The Labute approximate surface area is 64.7 Å². The van der Waals surface area contributed by atoms with E-state index in [4.69, 9.17) is 0 Å². The zero-order chi connectivity index (χ0) is 7.56. The van der Waals surface area contributed by atoms with E-state index in [9.17, 15) is 4.39 Å². The second kappa shape index (κ2) is 2.92. The molecule has 0 spiro atoms. The fourth-order valence-electron chi connectivity index (χ4n) is 0.716. The van der Waals surface area contributed by atoms with E-state index in [-0.39, 0.29) is 5.82 Å². The minimum atomic E-state index is -0.260. The molecule has 0 bridgehead atoms. The molecule has 0 radical (unpaired) electrons. The molecule has 10 heavy (non-hydrogen) atoms. The molecule has 0 aliphatic rings. The smallest absolute Gasteiger partial charge is 0.124 e. The van der Waals surface area contributed by atoms with Crippen molar-refractivity contribution >= 4 is 18.3 Å². The average Bonchev–Trinajstić information content (AvgIpc) is 1.88. The molecular formula is C7H8FNS. The number of thiol groups is 1. The van der Waals surface area contributed by atoms with Crippen molar-refractivity contribution in [2.75, 3.05) is 12.4 Å². The molecule has 0 unspecified atom stereocenters. The quantitative estimate of drug-likeness (QED) is 0.595. The van der Waals surface area contributed by atoms with Gasteiger partial charge in [-0.1, -0.05) is 0 Å². The van der Waals surface area contributed by atoms with Crippen LogP contribution in [-0.2, 0) is 0 Å². The van der Waals surface area contributed by atoms with Gasteiger partial charge in [0.15, 0.2) is 0 Å². The molecular weight excluding hydrogens is 149 g/mol. The standard InChI is InChI=1S/C7H8FNS/c1-9-6-3-2-5(8)4-7(6)10/h2-4,9-10H,1H3. The monoisotopic (exact) mass is 157 g/mol.